The van der Waals surface area contributed by atoms with Gasteiger partial charge in [-0.05, 0) is 189 Å². The first-order valence-corrected chi connectivity index (χ1v) is 44.6. The van der Waals surface area contributed by atoms with Crippen LogP contribution in [-0.2, 0) is 32.1 Å². The molecule has 0 bridgehead atoms. The number of halogens is 2. The summed E-state index contributed by atoms with van der Waals surface area (Å²) in [7, 11) is 1.57. The maximum absolute atomic E-state index is 12.5. The fourth-order valence-electron chi connectivity index (χ4n) is 13.4. The summed E-state index contributed by atoms with van der Waals surface area (Å²) in [5.41, 5.74) is 8.61. The quantitative estimate of drug-likeness (QED) is 0.0288. The van der Waals surface area contributed by atoms with Gasteiger partial charge in [-0.3, -0.25) is 88.6 Å². The molecule has 0 atom stereocenters. The molecule has 34 heteroatoms. The number of benzene rings is 1. The second kappa shape index (κ2) is 52.5. The van der Waals surface area contributed by atoms with E-state index < -0.39 is 0 Å². The fraction of sp³-hybridized carbons (Fsp3) is 0.160. The van der Waals surface area contributed by atoms with Gasteiger partial charge < -0.3 is 33.2 Å². The minimum atomic E-state index is -0.162. The smallest absolute Gasteiger partial charge is 0.187 e. The van der Waals surface area contributed by atoms with Crippen LogP contribution < -0.4 is 33.2 Å². The zero-order chi connectivity index (χ0) is 98.0. The summed E-state index contributed by atoms with van der Waals surface area (Å²) in [5, 5.41) is 1.03. The van der Waals surface area contributed by atoms with Crippen LogP contribution in [0.5, 0.6) is 74.7 Å². The first-order chi connectivity index (χ1) is 68.2. The second-order valence-electron chi connectivity index (χ2n) is 31.3. The van der Waals surface area contributed by atoms with Crippen LogP contribution in [0.3, 0.4) is 0 Å². The Morgan fingerprint density at radius 1 is 0.293 bits per heavy atom. The summed E-state index contributed by atoms with van der Waals surface area (Å²) in [6.45, 7) is 8.06. The van der Waals surface area contributed by atoms with Gasteiger partial charge in [0, 0.05) is 152 Å². The van der Waals surface area contributed by atoms with Gasteiger partial charge in [0.15, 0.2) is 51.9 Å². The monoisotopic (exact) mass is 1910 g/mol. The van der Waals surface area contributed by atoms with Gasteiger partial charge in [-0.15, -0.1) is 0 Å². The number of carbonyl (C=O) groups excluding carboxylic acids is 6. The van der Waals surface area contributed by atoms with Crippen LogP contribution in [0.1, 0.15) is 147 Å². The zero-order valence-electron chi connectivity index (χ0n) is 76.5. The number of carbonyl (C=O) groups is 6. The number of ether oxygens (including phenoxy) is 7. The normalized spacial score (nSPS) is 12.1. The van der Waals surface area contributed by atoms with E-state index in [1.165, 1.54) is 69.0 Å². The Morgan fingerprint density at radius 2 is 0.650 bits per heavy atom. The third-order valence-corrected chi connectivity index (χ3v) is 20.9. The molecule has 32 nitrogen and oxygen atoms in total. The number of hydrogen-bond acceptors (Lipinski definition) is 32. The highest BCUT2D eigenvalue weighted by Crippen LogP contribution is 2.33. The molecule has 1 aliphatic carbocycles. The van der Waals surface area contributed by atoms with Crippen molar-refractivity contribution in [3.05, 3.63) is 420 Å². The molecule has 0 aliphatic heterocycles. The van der Waals surface area contributed by atoms with Gasteiger partial charge in [0.05, 0.1) is 94.3 Å². The molecular weight excluding hydrogens is 1820 g/mol. The number of hydrogen-bond donors (Lipinski definition) is 0. The fourth-order valence-corrected chi connectivity index (χ4v) is 13.9. The zero-order valence-corrected chi connectivity index (χ0v) is 78.0. The van der Waals surface area contributed by atoms with E-state index in [0.717, 1.165) is 46.7 Å². The molecule has 16 aromatic heterocycles. The topological polar surface area (TPSA) is 412 Å². The van der Waals surface area contributed by atoms with E-state index in [-0.39, 0.29) is 66.8 Å². The Labute approximate surface area is 815 Å². The van der Waals surface area contributed by atoms with Crippen molar-refractivity contribution in [2.75, 3.05) is 7.11 Å². The Bertz CT molecular complexity index is 6930. The molecule has 0 amide bonds. The van der Waals surface area contributed by atoms with Crippen LogP contribution in [0.15, 0.2) is 331 Å². The van der Waals surface area contributed by atoms with Crippen molar-refractivity contribution in [3.63, 3.8) is 0 Å². The standard InChI is InChI=1S/C19H15ClN2O2.C19H22N2O2.C18H14ClN3O2.C17H14N4O3.C17H14N4O2.C16H12N4O2/c1-13-7-14(9-15(20)8-13)10-19(23)18-11-16(4-6-22-18)24-17-3-2-5-21-12-17;1-14-4-6-15(7-5-14)11-19(22)18-12-16(8-10-21-18)23-17-3-2-9-20-13-17;1-12-4-5-13(22-18(12)19)9-17(23)16-10-14(6-8-21-16)24-15-3-2-7-20-11-15;1-23-13-2-4-20-12(6-13)7-17(22)16-8-14(3-5-21-16)24-15-9-18-11-19-10-15;1-12-2-4-20-13(6-12)7-17(22)16-8-14(3-5-21-16)23-15-9-18-11-19-10-15;21-16(7-12-3-1-2-5-19-12)15-8-13(4-6-20-15)22-14-9-17-11-18-10-14/h2-9,11-12H,10H2,1H3;2-3,8-10,12-15H,4-7,11H2,1H3;2-8,10-11H,9H2,1H3;2-6,8-11H,7H2,1H3;2-6,8-11H,7H2,1H3;1-6,8-11H,7H2. The molecule has 0 saturated heterocycles. The first kappa shape index (κ1) is 100. The highest BCUT2D eigenvalue weighted by Gasteiger charge is 2.24. The van der Waals surface area contributed by atoms with Crippen molar-refractivity contribution in [2.45, 2.75) is 91.9 Å². The van der Waals surface area contributed by atoms with E-state index in [9.17, 15) is 28.8 Å². The number of aromatic nitrogens is 19. The molecule has 1 fully saturated rings. The average Bonchev–Trinajstić information content (AvgIpc) is 0.863. The van der Waals surface area contributed by atoms with E-state index in [4.69, 9.17) is 56.4 Å². The molecular formula is C106H91Cl2N19O13. The van der Waals surface area contributed by atoms with Gasteiger partial charge in [-0.2, -0.15) is 0 Å². The van der Waals surface area contributed by atoms with Crippen molar-refractivity contribution in [3.8, 4) is 74.7 Å². The second-order valence-corrected chi connectivity index (χ2v) is 32.1. The lowest BCUT2D eigenvalue weighted by Gasteiger charge is -2.25. The lowest BCUT2D eigenvalue weighted by Crippen LogP contribution is -2.16. The van der Waals surface area contributed by atoms with E-state index in [1.807, 2.05) is 75.4 Å². The molecule has 702 valence electrons. The van der Waals surface area contributed by atoms with E-state index >= 15 is 0 Å². The van der Waals surface area contributed by atoms with Gasteiger partial charge in [-0.25, -0.2) is 34.9 Å². The molecule has 1 aliphatic rings. The van der Waals surface area contributed by atoms with Gasteiger partial charge in [0.25, 0.3) is 0 Å². The Morgan fingerprint density at radius 3 is 1.03 bits per heavy atom. The largest absolute Gasteiger partial charge is 0.497 e. The minimum absolute atomic E-state index is 0.0895. The Balaban J connectivity index is 0.000000141. The number of methoxy groups -OCH3 is 1. The van der Waals surface area contributed by atoms with Gasteiger partial charge >= 0.3 is 0 Å². The molecule has 1 saturated carbocycles. The molecule has 1 aromatic carbocycles. The number of aryl methyl sites for hydroxylation is 3. The Hall–Kier alpha value is -17.4. The van der Waals surface area contributed by atoms with Crippen LogP contribution in [-0.4, -0.2) is 137 Å². The van der Waals surface area contributed by atoms with Crippen LogP contribution in [0.4, 0.5) is 0 Å². The molecule has 16 heterocycles. The van der Waals surface area contributed by atoms with Gasteiger partial charge in [0.1, 0.15) is 116 Å². The molecule has 0 radical (unpaired) electrons. The highest BCUT2D eigenvalue weighted by molar-refractivity contribution is 6.31. The maximum atomic E-state index is 12.5. The SMILES string of the molecule is CC1CCC(CC(=O)c2cc(Oc3cccnc3)ccn2)CC1.COc1ccnc(CC(=O)c2cc(Oc3cncnc3)ccn2)c1.Cc1cc(Cl)cc(CC(=O)c2cc(Oc3cccnc3)ccn2)c1.Cc1ccc(CC(=O)c2cc(Oc3cccnc3)ccn2)nc1Cl.Cc1ccnc(CC(=O)c2cc(Oc3cncnc3)ccn2)c1.O=C(Cc1ccccn1)c1cc(Oc2cncnc2)ccn1. The maximum Gasteiger partial charge on any atom is 0.187 e. The predicted molar refractivity (Wildman–Crippen MR) is 519 cm³/mol. The van der Waals surface area contributed by atoms with E-state index in [0.29, 0.717) is 149 Å². The predicted octanol–water partition coefficient (Wildman–Crippen LogP) is 21.1. The average molecular weight is 1910 g/mol. The number of pyridine rings is 13. The number of rotatable bonds is 31. The molecule has 0 unspecified atom stereocenters. The molecule has 0 N–H and O–H groups in total. The van der Waals surface area contributed by atoms with Crippen LogP contribution in [0.2, 0.25) is 10.2 Å². The summed E-state index contributed by atoms with van der Waals surface area (Å²) < 4.78 is 39.0. The van der Waals surface area contributed by atoms with Crippen LogP contribution in [0, 0.1) is 32.6 Å². The van der Waals surface area contributed by atoms with E-state index in [1.54, 1.807) is 227 Å². The van der Waals surface area contributed by atoms with Crippen LogP contribution >= 0.6 is 23.2 Å². The third-order valence-electron chi connectivity index (χ3n) is 20.3. The van der Waals surface area contributed by atoms with Crippen molar-refractivity contribution in [1.29, 1.82) is 0 Å². The summed E-state index contributed by atoms with van der Waals surface area (Å²) in [4.78, 5) is 151. The third kappa shape index (κ3) is 33.3. The molecule has 140 heavy (non-hydrogen) atoms. The van der Waals surface area contributed by atoms with Crippen LogP contribution in [0.25, 0.3) is 0 Å². The van der Waals surface area contributed by atoms with Crippen molar-refractivity contribution < 1.29 is 61.9 Å². The first-order valence-electron chi connectivity index (χ1n) is 43.8. The summed E-state index contributed by atoms with van der Waals surface area (Å²) in [6, 6.07) is 52.6. The molecule has 0 spiro atoms. The lowest BCUT2D eigenvalue weighted by molar-refractivity contribution is 0.0935. The Kier molecular flexibility index (Phi) is 37.5. The molecule has 18 rings (SSSR count). The lowest BCUT2D eigenvalue weighted by atomic mass is 9.80. The van der Waals surface area contributed by atoms with Gasteiger partial charge in [-0.1, -0.05) is 61.2 Å². The summed E-state index contributed by atoms with van der Waals surface area (Å²) in [5.74, 6) is 7.96. The number of Topliss-reactive ketones (excluding diaryl/α,β-unsaturated/α-hetero) is 6. The van der Waals surface area contributed by atoms with Crippen molar-refractivity contribution >= 4 is 57.9 Å². The van der Waals surface area contributed by atoms with Crippen molar-refractivity contribution in [2.24, 2.45) is 11.8 Å². The summed E-state index contributed by atoms with van der Waals surface area (Å²) >= 11 is 12.0. The number of nitrogens with zero attached hydrogens (tertiary/aromatic N) is 19. The van der Waals surface area contributed by atoms with Gasteiger partial charge in [0.2, 0.25) is 0 Å². The van der Waals surface area contributed by atoms with Crippen molar-refractivity contribution in [1.82, 2.24) is 94.7 Å². The number of ketones is 6. The van der Waals surface area contributed by atoms with E-state index in [2.05, 4.69) is 102 Å². The summed E-state index contributed by atoms with van der Waals surface area (Å²) in [6.07, 6.45) is 43.9. The minimum Gasteiger partial charge on any atom is -0.497 e. The highest BCUT2D eigenvalue weighted by atomic mass is 35.5. The molecule has 17 aromatic rings.